The summed E-state index contributed by atoms with van der Waals surface area (Å²) in [5.41, 5.74) is 1.47. The summed E-state index contributed by atoms with van der Waals surface area (Å²) < 4.78 is 0. The minimum atomic E-state index is -0.0303. The number of nitrogens with zero attached hydrogens (tertiary/aromatic N) is 1. The van der Waals surface area contributed by atoms with Crippen molar-refractivity contribution in [2.45, 2.75) is 65.2 Å². The van der Waals surface area contributed by atoms with Crippen molar-refractivity contribution in [2.24, 2.45) is 17.3 Å². The third-order valence-corrected chi connectivity index (χ3v) is 5.69. The lowest BCUT2D eigenvalue weighted by molar-refractivity contribution is -0.136. The molecule has 2 atom stereocenters. The Bertz CT molecular complexity index is 472. The predicted molar refractivity (Wildman–Crippen MR) is 91.5 cm³/mol. The number of rotatable bonds is 9. The number of fused-ring (bicyclic) bond motifs is 1. The molecule has 0 aromatic heterocycles. The number of hydrogen-bond donors (Lipinski definition) is 0. The monoisotopic (exact) mass is 301 g/mol. The van der Waals surface area contributed by atoms with Crippen molar-refractivity contribution >= 4 is 5.91 Å². The second kappa shape index (κ2) is 6.60. The van der Waals surface area contributed by atoms with Crippen LogP contribution in [-0.2, 0) is 4.79 Å². The minimum absolute atomic E-state index is 0.0303. The zero-order valence-corrected chi connectivity index (χ0v) is 14.3. The molecule has 0 N–H and O–H groups in total. The summed E-state index contributed by atoms with van der Waals surface area (Å²) in [6.45, 7) is 6.23. The van der Waals surface area contributed by atoms with Crippen LogP contribution >= 0.6 is 0 Å². The van der Waals surface area contributed by atoms with Crippen LogP contribution in [0.2, 0.25) is 0 Å². The molecule has 0 spiro atoms. The molecular formula is C20H31NO. The Labute approximate surface area is 135 Å². The molecular weight excluding hydrogens is 270 g/mol. The number of carbonyl (C=O) groups excluding carboxylic acids is 1. The largest absolute Gasteiger partial charge is 0.338 e. The van der Waals surface area contributed by atoms with E-state index in [1.54, 1.807) is 0 Å². The fraction of sp³-hybridized carbons (Fsp3) is 0.750. The molecule has 22 heavy (non-hydrogen) atoms. The van der Waals surface area contributed by atoms with Gasteiger partial charge in [0.25, 0.3) is 0 Å². The summed E-state index contributed by atoms with van der Waals surface area (Å²) in [4.78, 5) is 15.0. The van der Waals surface area contributed by atoms with Crippen LogP contribution in [-0.4, -0.2) is 23.9 Å². The van der Waals surface area contributed by atoms with Crippen LogP contribution in [0.3, 0.4) is 0 Å². The van der Waals surface area contributed by atoms with E-state index in [2.05, 4.69) is 37.0 Å². The third-order valence-electron chi connectivity index (χ3n) is 5.69. The first kappa shape index (κ1) is 15.8. The van der Waals surface area contributed by atoms with Gasteiger partial charge < -0.3 is 4.90 Å². The summed E-state index contributed by atoms with van der Waals surface area (Å²) in [5, 5.41) is 0. The van der Waals surface area contributed by atoms with Gasteiger partial charge in [-0.05, 0) is 43.1 Å². The van der Waals surface area contributed by atoms with Crippen LogP contribution in [0.25, 0.3) is 0 Å². The topological polar surface area (TPSA) is 20.3 Å². The zero-order valence-electron chi connectivity index (χ0n) is 14.3. The lowest BCUT2D eigenvalue weighted by atomic mass is 10.0. The fourth-order valence-electron chi connectivity index (χ4n) is 3.63. The lowest BCUT2D eigenvalue weighted by Gasteiger charge is -2.27. The second-order valence-electron chi connectivity index (χ2n) is 7.83. The first-order valence-electron chi connectivity index (χ1n) is 9.31. The SMILES string of the molecule is CCCCCCCN(CC1=CC=CC2CC12)C(=O)C1(C)CC1. The van der Waals surface area contributed by atoms with Crippen molar-refractivity contribution in [3.63, 3.8) is 0 Å². The summed E-state index contributed by atoms with van der Waals surface area (Å²) in [6.07, 6.45) is 16.6. The third kappa shape index (κ3) is 3.64. The van der Waals surface area contributed by atoms with E-state index in [1.165, 1.54) is 44.1 Å². The molecule has 3 aliphatic rings. The average Bonchev–Trinajstić information content (AvgIpc) is 3.41. The van der Waals surface area contributed by atoms with E-state index in [4.69, 9.17) is 0 Å². The van der Waals surface area contributed by atoms with Gasteiger partial charge in [0.05, 0.1) is 0 Å². The van der Waals surface area contributed by atoms with Crippen LogP contribution in [0.1, 0.15) is 65.2 Å². The Morgan fingerprint density at radius 1 is 1.27 bits per heavy atom. The van der Waals surface area contributed by atoms with Crippen LogP contribution in [0.15, 0.2) is 23.8 Å². The normalized spacial score (nSPS) is 27.1. The average molecular weight is 301 g/mol. The summed E-state index contributed by atoms with van der Waals surface area (Å²) in [7, 11) is 0. The van der Waals surface area contributed by atoms with Crippen LogP contribution in [0, 0.1) is 17.3 Å². The van der Waals surface area contributed by atoms with Gasteiger partial charge in [0.15, 0.2) is 0 Å². The molecule has 1 amide bonds. The molecule has 122 valence electrons. The molecule has 0 aromatic rings. The molecule has 0 saturated heterocycles. The van der Waals surface area contributed by atoms with Crippen molar-refractivity contribution < 1.29 is 4.79 Å². The van der Waals surface area contributed by atoms with Gasteiger partial charge in [-0.3, -0.25) is 4.79 Å². The quantitative estimate of drug-likeness (QED) is 0.564. The second-order valence-corrected chi connectivity index (χ2v) is 7.83. The van der Waals surface area contributed by atoms with Crippen molar-refractivity contribution in [1.82, 2.24) is 4.90 Å². The highest BCUT2D eigenvalue weighted by molar-refractivity contribution is 5.85. The van der Waals surface area contributed by atoms with Crippen LogP contribution < -0.4 is 0 Å². The van der Waals surface area contributed by atoms with Gasteiger partial charge in [-0.25, -0.2) is 0 Å². The maximum atomic E-state index is 12.8. The van der Waals surface area contributed by atoms with E-state index in [9.17, 15) is 4.79 Å². The van der Waals surface area contributed by atoms with Gasteiger partial charge in [0.2, 0.25) is 5.91 Å². The summed E-state index contributed by atoms with van der Waals surface area (Å²) in [5.74, 6) is 1.93. The van der Waals surface area contributed by atoms with Gasteiger partial charge in [-0.15, -0.1) is 0 Å². The Hall–Kier alpha value is -1.05. The van der Waals surface area contributed by atoms with Gasteiger partial charge in [-0.2, -0.15) is 0 Å². The van der Waals surface area contributed by atoms with Crippen molar-refractivity contribution in [2.75, 3.05) is 13.1 Å². The summed E-state index contributed by atoms with van der Waals surface area (Å²) >= 11 is 0. The molecule has 0 radical (unpaired) electrons. The van der Waals surface area contributed by atoms with E-state index in [-0.39, 0.29) is 5.41 Å². The molecule has 2 fully saturated rings. The van der Waals surface area contributed by atoms with E-state index < -0.39 is 0 Å². The van der Waals surface area contributed by atoms with Gasteiger partial charge >= 0.3 is 0 Å². The number of hydrogen-bond acceptors (Lipinski definition) is 1. The molecule has 0 aromatic carbocycles. The Balaban J connectivity index is 1.55. The predicted octanol–water partition coefficient (Wildman–Crippen LogP) is 4.72. The number of carbonyl (C=O) groups is 1. The van der Waals surface area contributed by atoms with Gasteiger partial charge in [-0.1, -0.05) is 57.8 Å². The number of allylic oxidation sites excluding steroid dienone is 3. The Kier molecular flexibility index (Phi) is 4.75. The maximum absolute atomic E-state index is 12.8. The molecule has 2 nitrogen and oxygen atoms in total. The van der Waals surface area contributed by atoms with Gasteiger partial charge in [0, 0.05) is 18.5 Å². The first-order valence-corrected chi connectivity index (χ1v) is 9.31. The molecule has 2 heteroatoms. The van der Waals surface area contributed by atoms with Gasteiger partial charge in [0.1, 0.15) is 0 Å². The zero-order chi connectivity index (χ0) is 15.6. The Morgan fingerprint density at radius 3 is 2.77 bits per heavy atom. The molecule has 0 heterocycles. The molecule has 2 saturated carbocycles. The maximum Gasteiger partial charge on any atom is 0.228 e. The smallest absolute Gasteiger partial charge is 0.228 e. The van der Waals surface area contributed by atoms with E-state index >= 15 is 0 Å². The highest BCUT2D eigenvalue weighted by Gasteiger charge is 2.48. The van der Waals surface area contributed by atoms with E-state index in [1.807, 2.05) is 0 Å². The lowest BCUT2D eigenvalue weighted by Crippen LogP contribution is -2.38. The van der Waals surface area contributed by atoms with E-state index in [0.717, 1.165) is 37.8 Å². The molecule has 3 aliphatic carbocycles. The minimum Gasteiger partial charge on any atom is -0.338 e. The molecule has 0 bridgehead atoms. The molecule has 3 rings (SSSR count). The van der Waals surface area contributed by atoms with E-state index in [0.29, 0.717) is 5.91 Å². The number of unbranched alkanes of at least 4 members (excludes halogenated alkanes) is 4. The fourth-order valence-corrected chi connectivity index (χ4v) is 3.63. The van der Waals surface area contributed by atoms with Crippen LogP contribution in [0.5, 0.6) is 0 Å². The molecule has 0 aliphatic heterocycles. The molecule has 2 unspecified atom stereocenters. The summed E-state index contributed by atoms with van der Waals surface area (Å²) in [6, 6.07) is 0. The Morgan fingerprint density at radius 2 is 2.05 bits per heavy atom. The highest BCUT2D eigenvalue weighted by atomic mass is 16.2. The van der Waals surface area contributed by atoms with Crippen molar-refractivity contribution in [3.05, 3.63) is 23.8 Å². The standard InChI is InChI=1S/C20H31NO/c1-3-4-5-6-7-13-21(19(22)20(2)11-12-20)15-17-10-8-9-16-14-18(16)17/h8-10,16,18H,3-7,11-15H2,1-2H3. The van der Waals surface area contributed by atoms with Crippen molar-refractivity contribution in [3.8, 4) is 0 Å². The highest BCUT2D eigenvalue weighted by Crippen LogP contribution is 2.49. The van der Waals surface area contributed by atoms with Crippen molar-refractivity contribution in [1.29, 1.82) is 0 Å². The first-order chi connectivity index (χ1) is 10.6. The van der Waals surface area contributed by atoms with Crippen LogP contribution in [0.4, 0.5) is 0 Å². The number of amides is 1.